The molecular weight excluding hydrogens is 476 g/mol. The van der Waals surface area contributed by atoms with Gasteiger partial charge in [0.05, 0.1) is 37.5 Å². The Morgan fingerprint density at radius 2 is 1.76 bits per heavy atom. The number of morpholine rings is 1. The number of amides is 1. The first-order chi connectivity index (χ1) is 17.9. The summed E-state index contributed by atoms with van der Waals surface area (Å²) in [7, 11) is 1.30. The molecule has 2 aromatic rings. The van der Waals surface area contributed by atoms with Crippen LogP contribution in [0.2, 0.25) is 0 Å². The molecule has 3 heterocycles. The van der Waals surface area contributed by atoms with Crippen molar-refractivity contribution in [2.24, 2.45) is 0 Å². The number of methoxy groups -OCH3 is 1. The summed E-state index contributed by atoms with van der Waals surface area (Å²) in [5.41, 5.74) is 2.40. The van der Waals surface area contributed by atoms with Crippen molar-refractivity contribution in [1.82, 2.24) is 9.80 Å². The van der Waals surface area contributed by atoms with E-state index in [1.807, 2.05) is 13.0 Å². The lowest BCUT2D eigenvalue weighted by atomic mass is 9.94. The minimum atomic E-state index is -0.795. The smallest absolute Gasteiger partial charge is 0.337 e. The van der Waals surface area contributed by atoms with Crippen LogP contribution in [0.15, 0.2) is 48.0 Å². The van der Waals surface area contributed by atoms with Gasteiger partial charge in [-0.3, -0.25) is 14.5 Å². The monoisotopic (exact) mass is 506 g/mol. The summed E-state index contributed by atoms with van der Waals surface area (Å²) in [5, 5.41) is 11.4. The van der Waals surface area contributed by atoms with Crippen molar-refractivity contribution < 1.29 is 33.7 Å². The van der Waals surface area contributed by atoms with Crippen molar-refractivity contribution >= 4 is 23.4 Å². The highest BCUT2D eigenvalue weighted by Gasteiger charge is 2.46. The van der Waals surface area contributed by atoms with Crippen LogP contribution in [0.25, 0.3) is 5.76 Å². The molecule has 3 aliphatic heterocycles. The summed E-state index contributed by atoms with van der Waals surface area (Å²) >= 11 is 0. The number of esters is 1. The molecule has 9 nitrogen and oxygen atoms in total. The van der Waals surface area contributed by atoms with E-state index >= 15 is 0 Å². The molecule has 0 unspecified atom stereocenters. The molecule has 2 saturated heterocycles. The summed E-state index contributed by atoms with van der Waals surface area (Å²) in [4.78, 5) is 42.2. The van der Waals surface area contributed by atoms with Gasteiger partial charge in [-0.1, -0.05) is 12.1 Å². The molecule has 1 N–H and O–H groups in total. The number of ether oxygens (including phenoxy) is 3. The number of aliphatic hydroxyl groups is 1. The molecule has 5 rings (SSSR count). The van der Waals surface area contributed by atoms with Crippen LogP contribution in [0.5, 0.6) is 5.75 Å². The average Bonchev–Trinajstić information content (AvgIpc) is 3.42. The molecule has 2 fully saturated rings. The number of aliphatic hydroxyl groups excluding tert-OH is 1. The normalized spacial score (nSPS) is 23.1. The van der Waals surface area contributed by atoms with Gasteiger partial charge >= 0.3 is 5.97 Å². The molecule has 0 saturated carbocycles. The van der Waals surface area contributed by atoms with Crippen LogP contribution in [0.1, 0.15) is 40.0 Å². The van der Waals surface area contributed by atoms with E-state index in [0.29, 0.717) is 49.4 Å². The molecule has 2 atom stereocenters. The number of rotatable bonds is 6. The highest BCUT2D eigenvalue weighted by atomic mass is 16.5. The van der Waals surface area contributed by atoms with E-state index < -0.39 is 23.7 Å². The number of ketones is 1. The highest BCUT2D eigenvalue weighted by molar-refractivity contribution is 6.46. The Bertz CT molecular complexity index is 1250. The number of nitrogens with zero attached hydrogens (tertiary/aromatic N) is 2. The fraction of sp³-hybridized carbons (Fsp3) is 0.393. The van der Waals surface area contributed by atoms with Gasteiger partial charge in [-0.15, -0.1) is 0 Å². The van der Waals surface area contributed by atoms with Gasteiger partial charge in [0.15, 0.2) is 0 Å². The van der Waals surface area contributed by atoms with Gasteiger partial charge in [-0.25, -0.2) is 4.79 Å². The Labute approximate surface area is 215 Å². The largest absolute Gasteiger partial charge is 0.507 e. The fourth-order valence-electron chi connectivity index (χ4n) is 5.18. The Kier molecular flexibility index (Phi) is 6.99. The molecule has 0 aromatic heterocycles. The van der Waals surface area contributed by atoms with E-state index in [1.54, 1.807) is 36.4 Å². The SMILES string of the molecule is COC(=O)c1ccc([C@H]2C(=C(O)c3ccc4c(c3)C[C@H](C)O4)C(=O)C(=O)N2CCN2CCOCC2)cc1. The van der Waals surface area contributed by atoms with Gasteiger partial charge in [-0.2, -0.15) is 0 Å². The number of fused-ring (bicyclic) bond motifs is 1. The maximum absolute atomic E-state index is 13.3. The van der Waals surface area contributed by atoms with E-state index in [4.69, 9.17) is 14.2 Å². The van der Waals surface area contributed by atoms with Crippen molar-refractivity contribution in [1.29, 1.82) is 0 Å². The number of likely N-dealkylation sites (tertiary alicyclic amines) is 1. The van der Waals surface area contributed by atoms with Crippen molar-refractivity contribution in [2.75, 3.05) is 46.5 Å². The maximum Gasteiger partial charge on any atom is 0.337 e. The summed E-state index contributed by atoms with van der Waals surface area (Å²) < 4.78 is 16.0. The third kappa shape index (κ3) is 4.84. The van der Waals surface area contributed by atoms with Crippen molar-refractivity contribution in [3.63, 3.8) is 0 Å². The number of hydrogen-bond donors (Lipinski definition) is 1. The lowest BCUT2D eigenvalue weighted by Gasteiger charge is -2.31. The summed E-state index contributed by atoms with van der Waals surface area (Å²) in [6, 6.07) is 11.1. The second-order valence-electron chi connectivity index (χ2n) is 9.52. The molecule has 0 radical (unpaired) electrons. The molecule has 1 amide bonds. The van der Waals surface area contributed by atoms with Crippen LogP contribution in [0, 0.1) is 0 Å². The van der Waals surface area contributed by atoms with Gasteiger partial charge in [0.1, 0.15) is 17.6 Å². The molecule has 2 aromatic carbocycles. The van der Waals surface area contributed by atoms with Gasteiger partial charge < -0.3 is 24.2 Å². The summed E-state index contributed by atoms with van der Waals surface area (Å²) in [6.45, 7) is 5.59. The topological polar surface area (TPSA) is 106 Å². The van der Waals surface area contributed by atoms with E-state index in [0.717, 1.165) is 24.4 Å². The molecule has 0 spiro atoms. The Morgan fingerprint density at radius 3 is 2.46 bits per heavy atom. The molecule has 9 heteroatoms. The van der Waals surface area contributed by atoms with Crippen LogP contribution < -0.4 is 4.74 Å². The quantitative estimate of drug-likeness (QED) is 0.276. The number of carbonyl (C=O) groups excluding carboxylic acids is 3. The zero-order chi connectivity index (χ0) is 26.1. The van der Waals surface area contributed by atoms with Crippen LogP contribution in [0.3, 0.4) is 0 Å². The molecule has 194 valence electrons. The van der Waals surface area contributed by atoms with E-state index in [9.17, 15) is 19.5 Å². The average molecular weight is 507 g/mol. The minimum absolute atomic E-state index is 0.0321. The predicted molar refractivity (Wildman–Crippen MR) is 134 cm³/mol. The first kappa shape index (κ1) is 25.0. The van der Waals surface area contributed by atoms with Crippen LogP contribution >= 0.6 is 0 Å². The predicted octanol–water partition coefficient (Wildman–Crippen LogP) is 2.55. The van der Waals surface area contributed by atoms with Gasteiger partial charge in [0.25, 0.3) is 11.7 Å². The Morgan fingerprint density at radius 1 is 1.05 bits per heavy atom. The highest BCUT2D eigenvalue weighted by Crippen LogP contribution is 2.40. The van der Waals surface area contributed by atoms with Crippen molar-refractivity contribution in [3.05, 3.63) is 70.3 Å². The van der Waals surface area contributed by atoms with Crippen molar-refractivity contribution in [3.8, 4) is 5.75 Å². The van der Waals surface area contributed by atoms with Crippen LogP contribution in [-0.4, -0.2) is 85.2 Å². The van der Waals surface area contributed by atoms with Gasteiger partial charge in [-0.05, 0) is 48.4 Å². The molecular formula is C28H30N2O7. The second-order valence-corrected chi connectivity index (χ2v) is 9.52. The zero-order valence-corrected chi connectivity index (χ0v) is 20.9. The standard InChI is InChI=1S/C28H30N2O7/c1-17-15-21-16-20(7-8-22(21)37-17)25(31)23-24(18-3-5-19(6-4-18)28(34)35-2)30(27(33)26(23)32)10-9-29-11-13-36-14-12-29/h3-8,16-17,24,31H,9-15H2,1-2H3/t17-,24-/m0/s1. The fourth-order valence-corrected chi connectivity index (χ4v) is 5.18. The maximum atomic E-state index is 13.3. The van der Waals surface area contributed by atoms with Gasteiger partial charge in [0.2, 0.25) is 0 Å². The lowest BCUT2D eigenvalue weighted by Crippen LogP contribution is -2.42. The number of Topliss-reactive ketones (excluding diaryl/α,β-unsaturated/α-hetero) is 1. The number of carbonyl (C=O) groups is 3. The minimum Gasteiger partial charge on any atom is -0.507 e. The van der Waals surface area contributed by atoms with Crippen molar-refractivity contribution in [2.45, 2.75) is 25.5 Å². The molecule has 3 aliphatic rings. The molecule has 37 heavy (non-hydrogen) atoms. The third-order valence-electron chi connectivity index (χ3n) is 7.12. The molecule has 0 bridgehead atoms. The Hall–Kier alpha value is -3.69. The summed E-state index contributed by atoms with van der Waals surface area (Å²) in [6.07, 6.45) is 0.731. The molecule has 0 aliphatic carbocycles. The lowest BCUT2D eigenvalue weighted by molar-refractivity contribution is -0.140. The van der Waals surface area contributed by atoms with Crippen LogP contribution in [-0.2, 0) is 25.5 Å². The second kappa shape index (κ2) is 10.4. The first-order valence-electron chi connectivity index (χ1n) is 12.4. The van der Waals surface area contributed by atoms with Gasteiger partial charge in [0, 0.05) is 38.2 Å². The van der Waals surface area contributed by atoms with E-state index in [1.165, 1.54) is 12.0 Å². The number of hydrogen-bond acceptors (Lipinski definition) is 8. The van der Waals surface area contributed by atoms with Crippen LogP contribution in [0.4, 0.5) is 0 Å². The first-order valence-corrected chi connectivity index (χ1v) is 12.4. The Balaban J connectivity index is 1.53. The van der Waals surface area contributed by atoms with E-state index in [2.05, 4.69) is 4.90 Å². The summed E-state index contributed by atoms with van der Waals surface area (Å²) in [5.74, 6) is -1.34. The third-order valence-corrected chi connectivity index (χ3v) is 7.12. The zero-order valence-electron chi connectivity index (χ0n) is 20.9. The number of benzene rings is 2. The van der Waals surface area contributed by atoms with E-state index in [-0.39, 0.29) is 17.4 Å².